The summed E-state index contributed by atoms with van der Waals surface area (Å²) in [5, 5.41) is 3.52. The fourth-order valence-corrected chi connectivity index (χ4v) is 3.37. The number of hydrogen-bond acceptors (Lipinski definition) is 3. The van der Waals surface area contributed by atoms with Gasteiger partial charge in [0, 0.05) is 10.5 Å². The fourth-order valence-electron chi connectivity index (χ4n) is 1.45. The van der Waals surface area contributed by atoms with E-state index >= 15 is 0 Å². The van der Waals surface area contributed by atoms with E-state index in [1.165, 1.54) is 15.6 Å². The number of thioether (sulfide) groups is 1. The lowest BCUT2D eigenvalue weighted by Crippen LogP contribution is -1.93. The lowest BCUT2D eigenvalue weighted by atomic mass is 10.2. The second kappa shape index (κ2) is 4.81. The lowest BCUT2D eigenvalue weighted by molar-refractivity contribution is -0.114. The van der Waals surface area contributed by atoms with Crippen molar-refractivity contribution in [2.75, 3.05) is 5.75 Å². The summed E-state index contributed by atoms with van der Waals surface area (Å²) in [5.41, 5.74) is 1.35. The first-order valence-corrected chi connectivity index (χ1v) is 6.83. The average molecular weight is 236 g/mol. The van der Waals surface area contributed by atoms with Crippen LogP contribution in [0.15, 0.2) is 29.6 Å². The minimum Gasteiger partial charge on any atom is -0.299 e. The number of rotatable bonds is 4. The van der Waals surface area contributed by atoms with Gasteiger partial charge in [-0.15, -0.1) is 23.1 Å². The summed E-state index contributed by atoms with van der Waals surface area (Å²) in [6.07, 6.45) is 0. The molecule has 0 N–H and O–H groups in total. The highest BCUT2D eigenvalue weighted by Gasteiger charge is 2.03. The van der Waals surface area contributed by atoms with E-state index in [9.17, 15) is 4.79 Å². The molecule has 0 aliphatic carbocycles. The van der Waals surface area contributed by atoms with Gasteiger partial charge in [0.25, 0.3) is 0 Å². The quantitative estimate of drug-likeness (QED) is 0.804. The van der Waals surface area contributed by atoms with Crippen molar-refractivity contribution in [2.24, 2.45) is 0 Å². The van der Waals surface area contributed by atoms with E-state index in [2.05, 4.69) is 29.6 Å². The van der Waals surface area contributed by atoms with Crippen LogP contribution in [-0.4, -0.2) is 11.5 Å². The zero-order chi connectivity index (χ0) is 10.7. The molecule has 78 valence electrons. The van der Waals surface area contributed by atoms with Crippen molar-refractivity contribution in [1.29, 1.82) is 0 Å². The predicted molar refractivity (Wildman–Crippen MR) is 68.7 cm³/mol. The van der Waals surface area contributed by atoms with Crippen LogP contribution >= 0.6 is 23.1 Å². The minimum atomic E-state index is 0.250. The Bertz CT molecular complexity index is 473. The maximum atomic E-state index is 10.8. The first-order chi connectivity index (χ1) is 7.27. The van der Waals surface area contributed by atoms with E-state index in [1.54, 1.807) is 30.0 Å². The topological polar surface area (TPSA) is 17.1 Å². The molecular weight excluding hydrogens is 224 g/mol. The highest BCUT2D eigenvalue weighted by atomic mass is 32.2. The molecular formula is C12H12OS2. The Kier molecular flexibility index (Phi) is 3.44. The molecule has 0 saturated carbocycles. The second-order valence-corrected chi connectivity index (χ2v) is 5.35. The van der Waals surface area contributed by atoms with Gasteiger partial charge in [-0.1, -0.05) is 18.2 Å². The Morgan fingerprint density at radius 3 is 3.00 bits per heavy atom. The number of carbonyl (C=O) groups excluding carboxylic acids is 1. The molecule has 0 bridgehead atoms. The summed E-state index contributed by atoms with van der Waals surface area (Å²) in [4.78, 5) is 10.8. The van der Waals surface area contributed by atoms with Crippen LogP contribution in [0.5, 0.6) is 0 Å². The third-order valence-electron chi connectivity index (χ3n) is 2.12. The normalized spacial score (nSPS) is 10.7. The number of ketones is 1. The monoisotopic (exact) mass is 236 g/mol. The van der Waals surface area contributed by atoms with E-state index in [1.807, 2.05) is 0 Å². The third-order valence-corrected chi connectivity index (χ3v) is 4.26. The first kappa shape index (κ1) is 10.7. The van der Waals surface area contributed by atoms with Crippen LogP contribution in [0.2, 0.25) is 0 Å². The smallest absolute Gasteiger partial charge is 0.139 e. The molecule has 3 heteroatoms. The number of thiophene rings is 1. The fraction of sp³-hybridized carbons (Fsp3) is 0.250. The number of hydrogen-bond donors (Lipinski definition) is 0. The van der Waals surface area contributed by atoms with E-state index in [4.69, 9.17) is 0 Å². The van der Waals surface area contributed by atoms with Gasteiger partial charge in [0.05, 0.1) is 5.75 Å². The Hall–Kier alpha value is -0.800. The van der Waals surface area contributed by atoms with Gasteiger partial charge >= 0.3 is 0 Å². The lowest BCUT2D eigenvalue weighted by Gasteiger charge is -1.97. The molecule has 1 aromatic carbocycles. The van der Waals surface area contributed by atoms with Crippen molar-refractivity contribution in [3.63, 3.8) is 0 Å². The summed E-state index contributed by atoms with van der Waals surface area (Å²) in [7, 11) is 0. The SMILES string of the molecule is CC(=O)CSCc1csc2ccccc12. The van der Waals surface area contributed by atoms with Gasteiger partial charge in [-0.2, -0.15) is 0 Å². The van der Waals surface area contributed by atoms with Crippen molar-refractivity contribution >= 4 is 39.0 Å². The summed E-state index contributed by atoms with van der Waals surface area (Å²) in [6.45, 7) is 1.64. The predicted octanol–water partition coefficient (Wildman–Crippen LogP) is 3.72. The van der Waals surface area contributed by atoms with Crippen molar-refractivity contribution in [3.8, 4) is 0 Å². The molecule has 2 aromatic rings. The average Bonchev–Trinajstić information content (AvgIpc) is 2.62. The highest BCUT2D eigenvalue weighted by molar-refractivity contribution is 7.99. The van der Waals surface area contributed by atoms with Gasteiger partial charge in [-0.05, 0) is 29.3 Å². The van der Waals surface area contributed by atoms with Gasteiger partial charge in [0.2, 0.25) is 0 Å². The molecule has 0 spiro atoms. The molecule has 0 aliphatic heterocycles. The van der Waals surface area contributed by atoms with Crippen LogP contribution in [-0.2, 0) is 10.5 Å². The van der Waals surface area contributed by atoms with Crippen LogP contribution in [0.4, 0.5) is 0 Å². The maximum Gasteiger partial charge on any atom is 0.139 e. The molecule has 0 unspecified atom stereocenters. The van der Waals surface area contributed by atoms with Crippen LogP contribution in [0, 0.1) is 0 Å². The maximum absolute atomic E-state index is 10.8. The molecule has 2 rings (SSSR count). The van der Waals surface area contributed by atoms with Crippen molar-refractivity contribution < 1.29 is 4.79 Å². The number of Topliss-reactive ketones (excluding diaryl/α,β-unsaturated/α-hetero) is 1. The number of fused-ring (bicyclic) bond motifs is 1. The molecule has 0 saturated heterocycles. The van der Waals surface area contributed by atoms with Crippen LogP contribution in [0.1, 0.15) is 12.5 Å². The van der Waals surface area contributed by atoms with Gasteiger partial charge in [0.15, 0.2) is 0 Å². The van der Waals surface area contributed by atoms with Crippen LogP contribution in [0.25, 0.3) is 10.1 Å². The molecule has 0 atom stereocenters. The van der Waals surface area contributed by atoms with Gasteiger partial charge in [-0.25, -0.2) is 0 Å². The molecule has 1 nitrogen and oxygen atoms in total. The summed E-state index contributed by atoms with van der Waals surface area (Å²) in [6, 6.07) is 8.41. The standard InChI is InChI=1S/C12H12OS2/c1-9(13)6-14-7-10-8-15-12-5-3-2-4-11(10)12/h2-5,8H,6-7H2,1H3. The van der Waals surface area contributed by atoms with E-state index in [0.717, 1.165) is 5.75 Å². The van der Waals surface area contributed by atoms with Crippen molar-refractivity contribution in [3.05, 3.63) is 35.2 Å². The Balaban J connectivity index is 2.11. The second-order valence-electron chi connectivity index (χ2n) is 3.45. The summed E-state index contributed by atoms with van der Waals surface area (Å²) < 4.78 is 1.33. The van der Waals surface area contributed by atoms with Crippen molar-refractivity contribution in [1.82, 2.24) is 0 Å². The summed E-state index contributed by atoms with van der Waals surface area (Å²) >= 11 is 3.47. The van der Waals surface area contributed by atoms with E-state index in [0.29, 0.717) is 5.75 Å². The van der Waals surface area contributed by atoms with Crippen LogP contribution < -0.4 is 0 Å². The Morgan fingerprint density at radius 1 is 1.40 bits per heavy atom. The molecule has 0 radical (unpaired) electrons. The van der Waals surface area contributed by atoms with Crippen molar-refractivity contribution in [2.45, 2.75) is 12.7 Å². The van der Waals surface area contributed by atoms with Gasteiger partial charge in [0.1, 0.15) is 5.78 Å². The molecule has 1 heterocycles. The zero-order valence-electron chi connectivity index (χ0n) is 8.53. The highest BCUT2D eigenvalue weighted by Crippen LogP contribution is 2.28. The molecule has 15 heavy (non-hydrogen) atoms. The Labute approximate surface area is 97.5 Å². The Morgan fingerprint density at radius 2 is 2.20 bits per heavy atom. The molecule has 1 aromatic heterocycles. The third kappa shape index (κ3) is 2.61. The van der Waals surface area contributed by atoms with Gasteiger partial charge < -0.3 is 0 Å². The largest absolute Gasteiger partial charge is 0.299 e. The minimum absolute atomic E-state index is 0.250. The van der Waals surface area contributed by atoms with E-state index in [-0.39, 0.29) is 5.78 Å². The number of benzene rings is 1. The van der Waals surface area contributed by atoms with E-state index < -0.39 is 0 Å². The molecule has 0 aliphatic rings. The van der Waals surface area contributed by atoms with Gasteiger partial charge in [-0.3, -0.25) is 4.79 Å². The summed E-state index contributed by atoms with van der Waals surface area (Å²) in [5.74, 6) is 1.80. The zero-order valence-corrected chi connectivity index (χ0v) is 10.2. The first-order valence-electron chi connectivity index (χ1n) is 4.79. The molecule has 0 amide bonds. The number of carbonyl (C=O) groups is 1. The van der Waals surface area contributed by atoms with Crippen LogP contribution in [0.3, 0.4) is 0 Å². The molecule has 0 fully saturated rings.